The number of anilines is 1. The molecule has 2 aromatic rings. The minimum absolute atomic E-state index is 0.171. The summed E-state index contributed by atoms with van der Waals surface area (Å²) in [6.07, 6.45) is 4.13. The summed E-state index contributed by atoms with van der Waals surface area (Å²) in [5.74, 6) is 0.585. The lowest BCUT2D eigenvalue weighted by molar-refractivity contribution is 0.265. The summed E-state index contributed by atoms with van der Waals surface area (Å²) in [4.78, 5) is 14.9. The van der Waals surface area contributed by atoms with Crippen LogP contribution in [0.15, 0.2) is 35.3 Å². The number of hydrogen-bond acceptors (Lipinski definition) is 6. The van der Waals surface area contributed by atoms with Gasteiger partial charge in [-0.05, 0) is 31.4 Å². The molecule has 0 radical (unpaired) electrons. The van der Waals surface area contributed by atoms with Crippen LogP contribution >= 0.6 is 11.6 Å². The Kier molecular flexibility index (Phi) is 7.09. The van der Waals surface area contributed by atoms with E-state index in [-0.39, 0.29) is 17.2 Å². The molecule has 2 N–H and O–H groups in total. The van der Waals surface area contributed by atoms with Crippen LogP contribution in [0.4, 0.5) is 5.69 Å². The molecule has 0 saturated carbocycles. The summed E-state index contributed by atoms with van der Waals surface area (Å²) < 4.78 is 7.13. The SMILES string of the molecule is O=c1c(Cl)c(N2CCNCC2)cnn1-c1ccccc1OCCCCCO. The van der Waals surface area contributed by atoms with E-state index in [0.717, 1.165) is 45.4 Å². The third-order valence-corrected chi connectivity index (χ3v) is 4.87. The van der Waals surface area contributed by atoms with Crippen LogP contribution in [-0.2, 0) is 0 Å². The number of aromatic nitrogens is 2. The van der Waals surface area contributed by atoms with Crippen molar-refractivity contribution in [2.75, 3.05) is 44.3 Å². The van der Waals surface area contributed by atoms with Crippen molar-refractivity contribution in [1.29, 1.82) is 0 Å². The number of unbranched alkanes of at least 4 members (excludes halogenated alkanes) is 2. The van der Waals surface area contributed by atoms with Crippen molar-refractivity contribution in [2.24, 2.45) is 0 Å². The summed E-state index contributed by atoms with van der Waals surface area (Å²) in [7, 11) is 0. The van der Waals surface area contributed by atoms with Gasteiger partial charge in [0.05, 0.1) is 18.5 Å². The smallest absolute Gasteiger partial charge is 0.292 e. The van der Waals surface area contributed by atoms with E-state index < -0.39 is 0 Å². The predicted octanol–water partition coefficient (Wildman–Crippen LogP) is 1.84. The molecule has 0 atom stereocenters. The van der Waals surface area contributed by atoms with E-state index in [0.29, 0.717) is 23.7 Å². The van der Waals surface area contributed by atoms with Gasteiger partial charge in [0.2, 0.25) is 0 Å². The first-order valence-electron chi connectivity index (χ1n) is 9.29. The van der Waals surface area contributed by atoms with Gasteiger partial charge < -0.3 is 20.1 Å². The highest BCUT2D eigenvalue weighted by Gasteiger charge is 2.19. The lowest BCUT2D eigenvalue weighted by Crippen LogP contribution is -2.44. The molecular weight excluding hydrogens is 368 g/mol. The molecule has 0 spiro atoms. The second kappa shape index (κ2) is 9.73. The van der Waals surface area contributed by atoms with Crippen LogP contribution in [0, 0.1) is 0 Å². The molecule has 0 aliphatic carbocycles. The molecule has 1 saturated heterocycles. The molecule has 2 heterocycles. The number of ether oxygens (including phenoxy) is 1. The Bertz CT molecular complexity index is 806. The largest absolute Gasteiger partial charge is 0.491 e. The van der Waals surface area contributed by atoms with Gasteiger partial charge in [-0.15, -0.1) is 0 Å². The Morgan fingerprint density at radius 3 is 2.70 bits per heavy atom. The number of nitrogens with one attached hydrogen (secondary N) is 1. The molecule has 0 bridgehead atoms. The first kappa shape index (κ1) is 19.7. The van der Waals surface area contributed by atoms with Crippen LogP contribution in [0.1, 0.15) is 19.3 Å². The number of halogens is 1. The number of para-hydroxylation sites is 2. The molecule has 1 aliphatic heterocycles. The van der Waals surface area contributed by atoms with E-state index in [1.807, 2.05) is 18.2 Å². The number of rotatable bonds is 8. The van der Waals surface area contributed by atoms with Crippen molar-refractivity contribution in [3.8, 4) is 11.4 Å². The highest BCUT2D eigenvalue weighted by atomic mass is 35.5. The number of aliphatic hydroxyl groups excluding tert-OH is 1. The van der Waals surface area contributed by atoms with Gasteiger partial charge >= 0.3 is 0 Å². The van der Waals surface area contributed by atoms with Gasteiger partial charge in [-0.3, -0.25) is 4.79 Å². The second-order valence-electron chi connectivity index (χ2n) is 6.40. The second-order valence-corrected chi connectivity index (χ2v) is 6.78. The molecule has 0 amide bonds. The average Bonchev–Trinajstić information content (AvgIpc) is 2.71. The zero-order valence-corrected chi connectivity index (χ0v) is 16.0. The van der Waals surface area contributed by atoms with Gasteiger partial charge in [-0.1, -0.05) is 23.7 Å². The monoisotopic (exact) mass is 392 g/mol. The van der Waals surface area contributed by atoms with Gasteiger partial charge in [0.15, 0.2) is 0 Å². The van der Waals surface area contributed by atoms with Crippen LogP contribution < -0.4 is 20.5 Å². The Labute approximate surface area is 163 Å². The lowest BCUT2D eigenvalue weighted by Gasteiger charge is -2.29. The molecule has 7 nitrogen and oxygen atoms in total. The highest BCUT2D eigenvalue weighted by Crippen LogP contribution is 2.25. The molecule has 1 aromatic carbocycles. The topological polar surface area (TPSA) is 79.6 Å². The summed E-state index contributed by atoms with van der Waals surface area (Å²) in [5.41, 5.74) is 0.879. The normalized spacial score (nSPS) is 14.4. The molecular formula is C19H25ClN4O3. The Hall–Kier alpha value is -2.09. The zero-order chi connectivity index (χ0) is 19.1. The van der Waals surface area contributed by atoms with E-state index in [1.165, 1.54) is 4.68 Å². The number of nitrogens with zero attached hydrogens (tertiary/aromatic N) is 3. The molecule has 0 unspecified atom stereocenters. The summed E-state index contributed by atoms with van der Waals surface area (Å²) in [6.45, 7) is 3.99. The summed E-state index contributed by atoms with van der Waals surface area (Å²) in [6, 6.07) is 7.29. The maximum atomic E-state index is 12.8. The molecule has 3 rings (SSSR count). The van der Waals surface area contributed by atoms with Crippen molar-refractivity contribution in [2.45, 2.75) is 19.3 Å². The molecule has 8 heteroatoms. The van der Waals surface area contributed by atoms with Crippen LogP contribution in [0.2, 0.25) is 5.02 Å². The summed E-state index contributed by atoms with van der Waals surface area (Å²) in [5, 5.41) is 16.6. The van der Waals surface area contributed by atoms with E-state index >= 15 is 0 Å². The van der Waals surface area contributed by atoms with Crippen LogP contribution in [0.5, 0.6) is 5.75 Å². The highest BCUT2D eigenvalue weighted by molar-refractivity contribution is 6.33. The minimum Gasteiger partial charge on any atom is -0.491 e. The minimum atomic E-state index is -0.357. The maximum Gasteiger partial charge on any atom is 0.292 e. The van der Waals surface area contributed by atoms with Crippen molar-refractivity contribution < 1.29 is 9.84 Å². The Morgan fingerprint density at radius 1 is 1.15 bits per heavy atom. The first-order chi connectivity index (χ1) is 13.2. The number of benzene rings is 1. The number of hydrogen-bond donors (Lipinski definition) is 2. The fourth-order valence-electron chi connectivity index (χ4n) is 3.05. The van der Waals surface area contributed by atoms with Crippen molar-refractivity contribution in [1.82, 2.24) is 15.1 Å². The Balaban J connectivity index is 1.82. The molecule has 1 aliphatic rings. The van der Waals surface area contributed by atoms with E-state index in [9.17, 15) is 4.79 Å². The maximum absolute atomic E-state index is 12.8. The van der Waals surface area contributed by atoms with E-state index in [2.05, 4.69) is 15.3 Å². The van der Waals surface area contributed by atoms with Crippen molar-refractivity contribution >= 4 is 17.3 Å². The van der Waals surface area contributed by atoms with Gasteiger partial charge in [0.1, 0.15) is 16.5 Å². The summed E-state index contributed by atoms with van der Waals surface area (Å²) >= 11 is 6.40. The fourth-order valence-corrected chi connectivity index (χ4v) is 3.30. The third-order valence-electron chi connectivity index (χ3n) is 4.51. The number of aliphatic hydroxyl groups is 1. The predicted molar refractivity (Wildman–Crippen MR) is 106 cm³/mol. The van der Waals surface area contributed by atoms with Gasteiger partial charge in [0, 0.05) is 32.8 Å². The Morgan fingerprint density at radius 2 is 1.93 bits per heavy atom. The van der Waals surface area contributed by atoms with Gasteiger partial charge in [-0.25, -0.2) is 0 Å². The van der Waals surface area contributed by atoms with Crippen LogP contribution in [0.25, 0.3) is 5.69 Å². The molecule has 1 aromatic heterocycles. The standard InChI is InChI=1S/C19H25ClN4O3/c20-18-16(23-10-8-21-9-11-23)14-22-24(19(18)26)15-6-2-3-7-17(15)27-13-5-1-4-12-25/h2-3,6-7,14,21,25H,1,4-5,8-13H2. The molecule has 146 valence electrons. The fraction of sp³-hybridized carbons (Fsp3) is 0.474. The first-order valence-corrected chi connectivity index (χ1v) is 9.66. The van der Waals surface area contributed by atoms with Crippen molar-refractivity contribution in [3.63, 3.8) is 0 Å². The van der Waals surface area contributed by atoms with Crippen molar-refractivity contribution in [3.05, 3.63) is 45.8 Å². The van der Waals surface area contributed by atoms with E-state index in [4.69, 9.17) is 21.4 Å². The van der Waals surface area contributed by atoms with E-state index in [1.54, 1.807) is 12.3 Å². The lowest BCUT2D eigenvalue weighted by atomic mass is 10.2. The van der Waals surface area contributed by atoms with Gasteiger partial charge in [0.25, 0.3) is 5.56 Å². The number of piperazine rings is 1. The quantitative estimate of drug-likeness (QED) is 0.667. The molecule has 27 heavy (non-hydrogen) atoms. The van der Waals surface area contributed by atoms with Crippen LogP contribution in [-0.4, -0.2) is 54.3 Å². The van der Waals surface area contributed by atoms with Crippen LogP contribution in [0.3, 0.4) is 0 Å². The van der Waals surface area contributed by atoms with Gasteiger partial charge in [-0.2, -0.15) is 9.78 Å². The average molecular weight is 393 g/mol. The third kappa shape index (κ3) is 4.80. The molecule has 1 fully saturated rings. The zero-order valence-electron chi connectivity index (χ0n) is 15.2.